The van der Waals surface area contributed by atoms with Crippen molar-refractivity contribution in [2.24, 2.45) is 0 Å². The zero-order chi connectivity index (χ0) is 24.0. The molecule has 1 aliphatic carbocycles. The third-order valence-electron chi connectivity index (χ3n) is 5.99. The second-order valence-electron chi connectivity index (χ2n) is 8.09. The van der Waals surface area contributed by atoms with E-state index in [9.17, 15) is 8.42 Å². The Kier molecular flexibility index (Phi) is 5.57. The maximum atomic E-state index is 13.4. The molecule has 1 aliphatic rings. The van der Waals surface area contributed by atoms with Crippen LogP contribution in [0.25, 0.3) is 16.5 Å². The molecule has 7 nitrogen and oxygen atoms in total. The maximum Gasteiger partial charge on any atom is 0.241 e. The molecule has 0 fully saturated rings. The molecular weight excluding hydrogens is 502 g/mol. The number of tetrazole rings is 1. The molecule has 5 aromatic rings. The summed E-state index contributed by atoms with van der Waals surface area (Å²) in [6.07, 6.45) is 0. The van der Waals surface area contributed by atoms with Crippen LogP contribution < -0.4 is 4.72 Å². The molecule has 35 heavy (non-hydrogen) atoms. The molecule has 0 saturated carbocycles. The molecule has 0 unspecified atom stereocenters. The number of nitrogens with one attached hydrogen (secondary N) is 1. The highest BCUT2D eigenvalue weighted by Gasteiger charge is 2.39. The van der Waals surface area contributed by atoms with Crippen LogP contribution in [-0.4, -0.2) is 28.6 Å². The molecule has 174 valence electrons. The average molecular weight is 520 g/mol. The quantitative estimate of drug-likeness (QED) is 0.326. The standard InChI is InChI=1S/C25H18ClN5O2S2/c26-17-12-14-19(15-13-17)35(32,33)28-23-20-10-4-6-16-7-5-11-21(22(16)20)24(23)34-25-27-29-30-31(25)18-8-2-1-3-9-18/h1-15,23-24,28H/t23-,24-/m0/s1. The number of hydrogen-bond acceptors (Lipinski definition) is 6. The van der Waals surface area contributed by atoms with Crippen molar-refractivity contribution in [2.45, 2.75) is 21.3 Å². The first-order valence-corrected chi connectivity index (χ1v) is 13.6. The van der Waals surface area contributed by atoms with Crippen LogP contribution in [0, 0.1) is 0 Å². The van der Waals surface area contributed by atoms with Crippen LogP contribution in [0.2, 0.25) is 5.02 Å². The Hall–Kier alpha value is -3.24. The molecule has 0 aliphatic heterocycles. The Morgan fingerprint density at radius 1 is 0.857 bits per heavy atom. The van der Waals surface area contributed by atoms with Gasteiger partial charge in [0.05, 0.1) is 21.9 Å². The zero-order valence-corrected chi connectivity index (χ0v) is 20.5. The van der Waals surface area contributed by atoms with Gasteiger partial charge in [0.15, 0.2) is 0 Å². The number of halogens is 1. The lowest BCUT2D eigenvalue weighted by Gasteiger charge is -2.22. The number of nitrogens with zero attached hydrogens (tertiary/aromatic N) is 4. The Bertz CT molecular complexity index is 1630. The summed E-state index contributed by atoms with van der Waals surface area (Å²) in [5.74, 6) is 0. The molecule has 0 amide bonds. The van der Waals surface area contributed by atoms with Crippen molar-refractivity contribution in [1.82, 2.24) is 24.9 Å². The molecule has 0 saturated heterocycles. The number of hydrogen-bond donors (Lipinski definition) is 1. The summed E-state index contributed by atoms with van der Waals surface area (Å²) in [6.45, 7) is 0. The van der Waals surface area contributed by atoms with Gasteiger partial charge in [-0.05, 0) is 68.7 Å². The van der Waals surface area contributed by atoms with Gasteiger partial charge < -0.3 is 0 Å². The monoisotopic (exact) mass is 519 g/mol. The highest BCUT2D eigenvalue weighted by Crippen LogP contribution is 2.53. The van der Waals surface area contributed by atoms with Crippen LogP contribution in [0.3, 0.4) is 0 Å². The second-order valence-corrected chi connectivity index (χ2v) is 11.4. The van der Waals surface area contributed by atoms with Crippen LogP contribution in [0.15, 0.2) is 101 Å². The lowest BCUT2D eigenvalue weighted by atomic mass is 10.1. The SMILES string of the molecule is O=S(=O)(N[C@H]1c2cccc3cccc(c23)[C@@H]1Sc1nnnn1-c1ccccc1)c1ccc(Cl)cc1. The molecule has 6 rings (SSSR count). The Labute approximate surface area is 211 Å². The molecular formula is C25H18ClN5O2S2. The molecule has 0 spiro atoms. The van der Waals surface area contributed by atoms with Gasteiger partial charge in [0.25, 0.3) is 0 Å². The zero-order valence-electron chi connectivity index (χ0n) is 18.1. The van der Waals surface area contributed by atoms with Crippen LogP contribution in [0.5, 0.6) is 0 Å². The fourth-order valence-corrected chi connectivity index (χ4v) is 7.11. The second kappa shape index (κ2) is 8.76. The topological polar surface area (TPSA) is 89.8 Å². The number of rotatable bonds is 6. The van der Waals surface area contributed by atoms with Gasteiger partial charge in [0, 0.05) is 5.02 Å². The highest BCUT2D eigenvalue weighted by molar-refractivity contribution is 7.99. The van der Waals surface area contributed by atoms with Gasteiger partial charge in [0.1, 0.15) is 0 Å². The molecule has 10 heteroatoms. The summed E-state index contributed by atoms with van der Waals surface area (Å²) in [7, 11) is -3.83. The molecule has 1 heterocycles. The van der Waals surface area contributed by atoms with E-state index in [4.69, 9.17) is 11.6 Å². The summed E-state index contributed by atoms with van der Waals surface area (Å²) in [6, 6.07) is 27.3. The summed E-state index contributed by atoms with van der Waals surface area (Å²) in [5.41, 5.74) is 2.79. The van der Waals surface area contributed by atoms with Gasteiger partial charge in [0.2, 0.25) is 15.2 Å². The van der Waals surface area contributed by atoms with Crippen molar-refractivity contribution < 1.29 is 8.42 Å². The number of sulfonamides is 1. The van der Waals surface area contributed by atoms with E-state index in [0.29, 0.717) is 10.2 Å². The van der Waals surface area contributed by atoms with E-state index in [0.717, 1.165) is 27.6 Å². The van der Waals surface area contributed by atoms with Crippen molar-refractivity contribution in [3.63, 3.8) is 0 Å². The highest BCUT2D eigenvalue weighted by atomic mass is 35.5. The third-order valence-corrected chi connectivity index (χ3v) is 8.95. The number of para-hydroxylation sites is 1. The summed E-state index contributed by atoms with van der Waals surface area (Å²) >= 11 is 7.41. The molecule has 4 aromatic carbocycles. The van der Waals surface area contributed by atoms with Crippen LogP contribution in [-0.2, 0) is 10.0 Å². The number of benzene rings is 4. The first kappa shape index (κ1) is 22.2. The minimum Gasteiger partial charge on any atom is -0.207 e. The first-order valence-electron chi connectivity index (χ1n) is 10.8. The van der Waals surface area contributed by atoms with Crippen molar-refractivity contribution in [2.75, 3.05) is 0 Å². The average Bonchev–Trinajstić information content (AvgIpc) is 3.45. The molecule has 2 atom stereocenters. The van der Waals surface area contributed by atoms with Gasteiger partial charge in [-0.1, -0.05) is 78.0 Å². The Balaban J connectivity index is 1.43. The Morgan fingerprint density at radius 2 is 1.57 bits per heavy atom. The third kappa shape index (κ3) is 4.00. The fraction of sp³-hybridized carbons (Fsp3) is 0.0800. The van der Waals surface area contributed by atoms with E-state index in [1.807, 2.05) is 66.7 Å². The predicted octanol–water partition coefficient (Wildman–Crippen LogP) is 5.34. The van der Waals surface area contributed by atoms with Crippen molar-refractivity contribution >= 4 is 44.2 Å². The summed E-state index contributed by atoms with van der Waals surface area (Å²) in [5, 5.41) is 15.2. The predicted molar refractivity (Wildman–Crippen MR) is 136 cm³/mol. The van der Waals surface area contributed by atoms with Gasteiger partial charge in [-0.2, -0.15) is 4.68 Å². The van der Waals surface area contributed by atoms with Crippen molar-refractivity contribution in [3.8, 4) is 5.69 Å². The molecule has 1 N–H and O–H groups in total. The first-order chi connectivity index (χ1) is 17.0. The number of thioether (sulfide) groups is 1. The van der Waals surface area contributed by atoms with Gasteiger partial charge in [-0.25, -0.2) is 13.1 Å². The normalized spacial score (nSPS) is 17.2. The van der Waals surface area contributed by atoms with Crippen LogP contribution >= 0.6 is 23.4 Å². The van der Waals surface area contributed by atoms with E-state index in [1.54, 1.807) is 16.8 Å². The van der Waals surface area contributed by atoms with E-state index < -0.39 is 16.1 Å². The van der Waals surface area contributed by atoms with E-state index in [2.05, 4.69) is 20.2 Å². The van der Waals surface area contributed by atoms with E-state index >= 15 is 0 Å². The maximum absolute atomic E-state index is 13.4. The van der Waals surface area contributed by atoms with Crippen LogP contribution in [0.1, 0.15) is 22.4 Å². The molecule has 0 radical (unpaired) electrons. The van der Waals surface area contributed by atoms with Crippen LogP contribution in [0.4, 0.5) is 0 Å². The van der Waals surface area contributed by atoms with Crippen molar-refractivity contribution in [3.05, 3.63) is 107 Å². The molecule has 0 bridgehead atoms. The largest absolute Gasteiger partial charge is 0.241 e. The molecule has 1 aromatic heterocycles. The number of aromatic nitrogens is 4. The van der Waals surface area contributed by atoms with Crippen molar-refractivity contribution in [1.29, 1.82) is 0 Å². The van der Waals surface area contributed by atoms with Gasteiger partial charge in [-0.15, -0.1) is 5.10 Å². The van der Waals surface area contributed by atoms with E-state index in [1.165, 1.54) is 23.9 Å². The fourth-order valence-electron chi connectivity index (χ4n) is 4.44. The van der Waals surface area contributed by atoms with Gasteiger partial charge >= 0.3 is 0 Å². The smallest absolute Gasteiger partial charge is 0.207 e. The van der Waals surface area contributed by atoms with E-state index in [-0.39, 0.29) is 10.1 Å². The Morgan fingerprint density at radius 3 is 2.31 bits per heavy atom. The minimum absolute atomic E-state index is 0.155. The lowest BCUT2D eigenvalue weighted by molar-refractivity contribution is 0.557. The minimum atomic E-state index is -3.83. The van der Waals surface area contributed by atoms with Gasteiger partial charge in [-0.3, -0.25) is 0 Å². The summed E-state index contributed by atoms with van der Waals surface area (Å²) < 4.78 is 31.4. The summed E-state index contributed by atoms with van der Waals surface area (Å²) in [4.78, 5) is 0.155. The lowest BCUT2D eigenvalue weighted by Crippen LogP contribution is -2.30.